The van der Waals surface area contributed by atoms with Crippen LogP contribution in [-0.2, 0) is 24.0 Å². The van der Waals surface area contributed by atoms with Crippen LogP contribution in [0.5, 0.6) is 11.5 Å². The van der Waals surface area contributed by atoms with Crippen LogP contribution < -0.4 is 19.7 Å². The van der Waals surface area contributed by atoms with Crippen LogP contribution in [-0.4, -0.2) is 41.3 Å². The molecule has 12 heteroatoms. The van der Waals surface area contributed by atoms with Gasteiger partial charge >= 0.3 is 6.18 Å². The van der Waals surface area contributed by atoms with Gasteiger partial charge in [-0.25, -0.2) is 8.78 Å². The summed E-state index contributed by atoms with van der Waals surface area (Å²) in [7, 11) is 0. The Bertz CT molecular complexity index is 1390. The van der Waals surface area contributed by atoms with E-state index < -0.39 is 29.0 Å². The van der Waals surface area contributed by atoms with Crippen LogP contribution in [0.1, 0.15) is 36.1 Å². The molecular weight excluding hydrogens is 537 g/mol. The standard InChI is InChI=1S/C28H26F5N3O4/c29-21-5-7-24(20-4-8-25(37)35-26(20)21)40-16-27(38)9-11-36(12-10-27)23-6-3-19(13-22(23)30)39-15-18-2-1-17(14-34-18)28(31,32)33/h1-3,5-7,13-14,38H,4,8-12,15-16H2,(H,35,37). The Hall–Kier alpha value is -3.93. The van der Waals surface area contributed by atoms with Gasteiger partial charge in [0.1, 0.15) is 41.9 Å². The number of nitrogens with zero attached hydrogens (tertiary/aromatic N) is 2. The lowest BCUT2D eigenvalue weighted by molar-refractivity contribution is -0.137. The molecule has 1 fully saturated rings. The quantitative estimate of drug-likeness (QED) is 0.382. The monoisotopic (exact) mass is 563 g/mol. The van der Waals surface area contributed by atoms with Crippen molar-refractivity contribution in [2.45, 2.75) is 44.1 Å². The molecule has 40 heavy (non-hydrogen) atoms. The van der Waals surface area contributed by atoms with E-state index in [1.54, 1.807) is 17.0 Å². The maximum absolute atomic E-state index is 14.9. The zero-order valence-corrected chi connectivity index (χ0v) is 21.2. The van der Waals surface area contributed by atoms with Gasteiger partial charge in [0.05, 0.1) is 22.6 Å². The summed E-state index contributed by atoms with van der Waals surface area (Å²) < 4.78 is 78.4. The van der Waals surface area contributed by atoms with Gasteiger partial charge in [0.2, 0.25) is 5.91 Å². The van der Waals surface area contributed by atoms with Crippen molar-refractivity contribution < 1.29 is 41.3 Å². The molecule has 5 rings (SSSR count). The van der Waals surface area contributed by atoms with Crippen LogP contribution in [0.25, 0.3) is 0 Å². The maximum atomic E-state index is 14.9. The zero-order valence-electron chi connectivity index (χ0n) is 21.2. The van der Waals surface area contributed by atoms with Crippen molar-refractivity contribution in [2.75, 3.05) is 29.9 Å². The van der Waals surface area contributed by atoms with E-state index in [4.69, 9.17) is 9.47 Å². The molecule has 0 bridgehead atoms. The summed E-state index contributed by atoms with van der Waals surface area (Å²) >= 11 is 0. The molecule has 1 saturated heterocycles. The Morgan fingerprint density at radius 2 is 1.77 bits per heavy atom. The van der Waals surface area contributed by atoms with Crippen molar-refractivity contribution in [1.82, 2.24) is 4.98 Å². The lowest BCUT2D eigenvalue weighted by Crippen LogP contribution is -2.48. The van der Waals surface area contributed by atoms with Gasteiger partial charge in [-0.1, -0.05) is 0 Å². The topological polar surface area (TPSA) is 83.9 Å². The first-order chi connectivity index (χ1) is 19.0. The number of carbonyl (C=O) groups excluding carboxylic acids is 1. The van der Waals surface area contributed by atoms with Gasteiger partial charge in [-0.15, -0.1) is 0 Å². The fourth-order valence-electron chi connectivity index (χ4n) is 4.75. The van der Waals surface area contributed by atoms with E-state index in [-0.39, 0.29) is 42.7 Å². The van der Waals surface area contributed by atoms with Gasteiger partial charge < -0.3 is 24.8 Å². The Balaban J connectivity index is 1.15. The average Bonchev–Trinajstić information content (AvgIpc) is 2.92. The fraction of sp³-hybridized carbons (Fsp3) is 0.357. The minimum absolute atomic E-state index is 0.0416. The normalized spacial score (nSPS) is 16.8. The van der Waals surface area contributed by atoms with Crippen LogP contribution in [0.15, 0.2) is 48.7 Å². The zero-order chi connectivity index (χ0) is 28.5. The van der Waals surface area contributed by atoms with Crippen molar-refractivity contribution in [1.29, 1.82) is 0 Å². The summed E-state index contributed by atoms with van der Waals surface area (Å²) in [5.74, 6) is -0.752. The number of anilines is 2. The highest BCUT2D eigenvalue weighted by molar-refractivity contribution is 5.94. The minimum atomic E-state index is -4.48. The summed E-state index contributed by atoms with van der Waals surface area (Å²) in [5, 5.41) is 13.6. The number of hydrogen-bond donors (Lipinski definition) is 2. The van der Waals surface area contributed by atoms with Crippen LogP contribution >= 0.6 is 0 Å². The SMILES string of the molecule is O=C1CCc2c(OCC3(O)CCN(c4ccc(OCc5ccc(C(F)(F)F)cn5)cc4F)CC3)ccc(F)c2N1. The number of alkyl halides is 3. The third kappa shape index (κ3) is 6.11. The van der Waals surface area contributed by atoms with E-state index in [9.17, 15) is 31.9 Å². The second-order valence-corrected chi connectivity index (χ2v) is 9.89. The third-order valence-corrected chi connectivity index (χ3v) is 7.07. The second-order valence-electron chi connectivity index (χ2n) is 9.89. The summed E-state index contributed by atoms with van der Waals surface area (Å²) in [5.41, 5.74) is -0.791. The van der Waals surface area contributed by atoms with Crippen molar-refractivity contribution in [3.8, 4) is 11.5 Å². The molecule has 0 unspecified atom stereocenters. The molecule has 0 saturated carbocycles. The number of pyridine rings is 1. The van der Waals surface area contributed by atoms with Crippen molar-refractivity contribution in [3.05, 3.63) is 77.1 Å². The highest BCUT2D eigenvalue weighted by atomic mass is 19.4. The molecule has 0 atom stereocenters. The van der Waals surface area contributed by atoms with Gasteiger partial charge in [0.25, 0.3) is 0 Å². The van der Waals surface area contributed by atoms with Gasteiger partial charge in [-0.2, -0.15) is 13.2 Å². The number of fused-ring (bicyclic) bond motifs is 1. The van der Waals surface area contributed by atoms with Crippen molar-refractivity contribution in [3.63, 3.8) is 0 Å². The van der Waals surface area contributed by atoms with Crippen molar-refractivity contribution >= 4 is 17.3 Å². The molecule has 3 aromatic rings. The molecule has 212 valence electrons. The van der Waals surface area contributed by atoms with Gasteiger partial charge in [-0.05, 0) is 55.7 Å². The number of ether oxygens (including phenoxy) is 2. The number of aromatic nitrogens is 1. The largest absolute Gasteiger partial charge is 0.490 e. The number of nitrogens with one attached hydrogen (secondary N) is 1. The van der Waals surface area contributed by atoms with Gasteiger partial charge in [0, 0.05) is 37.3 Å². The Morgan fingerprint density at radius 1 is 1.00 bits per heavy atom. The molecule has 1 aromatic heterocycles. The summed E-state index contributed by atoms with van der Waals surface area (Å²) in [6.45, 7) is 0.533. The number of aliphatic hydroxyl groups is 1. The predicted octanol–water partition coefficient (Wildman–Crippen LogP) is 5.25. The molecule has 7 nitrogen and oxygen atoms in total. The van der Waals surface area contributed by atoms with Gasteiger partial charge in [0.15, 0.2) is 0 Å². The second kappa shape index (κ2) is 10.9. The lowest BCUT2D eigenvalue weighted by Gasteiger charge is -2.39. The fourth-order valence-corrected chi connectivity index (χ4v) is 4.75. The molecule has 0 aliphatic carbocycles. The van der Waals surface area contributed by atoms with Crippen LogP contribution in [0.3, 0.4) is 0 Å². The Labute approximate surface area is 226 Å². The molecule has 3 heterocycles. The first kappa shape index (κ1) is 27.6. The first-order valence-electron chi connectivity index (χ1n) is 12.7. The van der Waals surface area contributed by atoms with E-state index >= 15 is 0 Å². The van der Waals surface area contributed by atoms with Crippen molar-refractivity contribution in [2.24, 2.45) is 0 Å². The maximum Gasteiger partial charge on any atom is 0.417 e. The molecule has 2 aliphatic heterocycles. The molecule has 0 radical (unpaired) electrons. The molecule has 2 aromatic carbocycles. The van der Waals surface area contributed by atoms with E-state index in [2.05, 4.69) is 10.3 Å². The number of amides is 1. The molecule has 1 amide bonds. The molecule has 0 spiro atoms. The Morgan fingerprint density at radius 3 is 2.45 bits per heavy atom. The van der Waals surface area contributed by atoms with E-state index in [1.807, 2.05) is 0 Å². The molecular formula is C28H26F5N3O4. The number of carbonyl (C=O) groups is 1. The van der Waals surface area contributed by atoms with E-state index in [0.717, 1.165) is 12.3 Å². The third-order valence-electron chi connectivity index (χ3n) is 7.07. The average molecular weight is 564 g/mol. The van der Waals surface area contributed by atoms with E-state index in [1.165, 1.54) is 24.3 Å². The smallest absolute Gasteiger partial charge is 0.417 e. The highest BCUT2D eigenvalue weighted by Crippen LogP contribution is 2.36. The number of rotatable bonds is 7. The lowest BCUT2D eigenvalue weighted by atomic mass is 9.92. The Kier molecular flexibility index (Phi) is 7.54. The summed E-state index contributed by atoms with van der Waals surface area (Å²) in [6.07, 6.45) is -2.62. The number of piperidine rings is 1. The highest BCUT2D eigenvalue weighted by Gasteiger charge is 2.35. The summed E-state index contributed by atoms with van der Waals surface area (Å²) in [6, 6.07) is 9.10. The number of benzene rings is 2. The van der Waals surface area contributed by atoms with Crippen LogP contribution in [0.4, 0.5) is 33.3 Å². The minimum Gasteiger partial charge on any atom is -0.490 e. The van der Waals surface area contributed by atoms with Crippen LogP contribution in [0, 0.1) is 11.6 Å². The first-order valence-corrected chi connectivity index (χ1v) is 12.7. The molecule has 2 aliphatic rings. The summed E-state index contributed by atoms with van der Waals surface area (Å²) in [4.78, 5) is 17.2. The molecule has 2 N–H and O–H groups in total. The number of hydrogen-bond acceptors (Lipinski definition) is 6. The van der Waals surface area contributed by atoms with Crippen LogP contribution in [0.2, 0.25) is 0 Å². The number of halogens is 5. The van der Waals surface area contributed by atoms with E-state index in [0.29, 0.717) is 49.4 Å². The predicted molar refractivity (Wildman–Crippen MR) is 135 cm³/mol. The van der Waals surface area contributed by atoms with Gasteiger partial charge in [-0.3, -0.25) is 9.78 Å².